The Morgan fingerprint density at radius 1 is 1.27 bits per heavy atom. The van der Waals surface area contributed by atoms with Crippen molar-refractivity contribution < 1.29 is 4.79 Å². The standard InChI is InChI=1S/C18H24BrN5OS/c1-10-6-7-15(11(2)8-10)20-18(26)22-21-17(25)12(3)9-24-14(5)16(19)13(4)23-24/h6-8,12H,9H2,1-5H3,(H,21,25)(H2,20,22,26)/t12-/m1/s1. The van der Waals surface area contributed by atoms with Crippen molar-refractivity contribution in [3.63, 3.8) is 0 Å². The van der Waals surface area contributed by atoms with Gasteiger partial charge < -0.3 is 5.32 Å². The van der Waals surface area contributed by atoms with Crippen molar-refractivity contribution in [3.8, 4) is 0 Å². The van der Waals surface area contributed by atoms with Crippen LogP contribution in [0, 0.1) is 33.6 Å². The number of carbonyl (C=O) groups is 1. The van der Waals surface area contributed by atoms with Crippen LogP contribution in [0.3, 0.4) is 0 Å². The normalized spacial score (nSPS) is 11.8. The van der Waals surface area contributed by atoms with Gasteiger partial charge in [0.25, 0.3) is 0 Å². The number of aromatic nitrogens is 2. The summed E-state index contributed by atoms with van der Waals surface area (Å²) >= 11 is 8.74. The Labute approximate surface area is 167 Å². The Bertz CT molecular complexity index is 833. The molecule has 0 bridgehead atoms. The molecule has 0 radical (unpaired) electrons. The highest BCUT2D eigenvalue weighted by atomic mass is 79.9. The van der Waals surface area contributed by atoms with E-state index in [0.29, 0.717) is 11.7 Å². The minimum atomic E-state index is -0.267. The SMILES string of the molecule is Cc1ccc(NC(=S)NNC(=O)[C@H](C)Cn2nc(C)c(Br)c2C)c(C)c1. The second-order valence-electron chi connectivity index (χ2n) is 6.45. The predicted octanol–water partition coefficient (Wildman–Crippen LogP) is 3.53. The van der Waals surface area contributed by atoms with Crippen LogP contribution in [-0.2, 0) is 11.3 Å². The van der Waals surface area contributed by atoms with Crippen LogP contribution >= 0.6 is 28.1 Å². The smallest absolute Gasteiger partial charge is 0.243 e. The molecule has 3 N–H and O–H groups in total. The first kappa shape index (κ1) is 20.4. The molecule has 26 heavy (non-hydrogen) atoms. The highest BCUT2D eigenvalue weighted by Crippen LogP contribution is 2.20. The summed E-state index contributed by atoms with van der Waals surface area (Å²) in [6.07, 6.45) is 0. The Hall–Kier alpha value is -1.93. The summed E-state index contributed by atoms with van der Waals surface area (Å²) in [5, 5.41) is 7.85. The van der Waals surface area contributed by atoms with E-state index < -0.39 is 0 Å². The van der Waals surface area contributed by atoms with E-state index >= 15 is 0 Å². The highest BCUT2D eigenvalue weighted by Gasteiger charge is 2.17. The van der Waals surface area contributed by atoms with Crippen LogP contribution in [0.5, 0.6) is 0 Å². The number of halogens is 1. The van der Waals surface area contributed by atoms with Gasteiger partial charge in [-0.25, -0.2) is 0 Å². The van der Waals surface area contributed by atoms with Crippen LogP contribution in [0.4, 0.5) is 5.69 Å². The van der Waals surface area contributed by atoms with Gasteiger partial charge in [0.1, 0.15) is 0 Å². The molecule has 0 aliphatic carbocycles. The minimum Gasteiger partial charge on any atom is -0.331 e. The zero-order valence-corrected chi connectivity index (χ0v) is 18.0. The molecular weight excluding hydrogens is 414 g/mol. The van der Waals surface area contributed by atoms with Crippen molar-refractivity contribution in [1.29, 1.82) is 0 Å². The van der Waals surface area contributed by atoms with Gasteiger partial charge in [0, 0.05) is 11.4 Å². The maximum Gasteiger partial charge on any atom is 0.243 e. The second-order valence-corrected chi connectivity index (χ2v) is 7.66. The summed E-state index contributed by atoms with van der Waals surface area (Å²) in [5.41, 5.74) is 10.5. The van der Waals surface area contributed by atoms with Crippen molar-refractivity contribution >= 4 is 44.9 Å². The quantitative estimate of drug-likeness (QED) is 0.503. The van der Waals surface area contributed by atoms with Gasteiger partial charge in [-0.15, -0.1) is 0 Å². The van der Waals surface area contributed by atoms with E-state index in [4.69, 9.17) is 12.2 Å². The van der Waals surface area contributed by atoms with Crippen LogP contribution < -0.4 is 16.2 Å². The van der Waals surface area contributed by atoms with Crippen LogP contribution in [0.2, 0.25) is 0 Å². The summed E-state index contributed by atoms with van der Waals surface area (Å²) < 4.78 is 2.80. The third kappa shape index (κ3) is 5.04. The molecule has 1 aromatic heterocycles. The average molecular weight is 438 g/mol. The van der Waals surface area contributed by atoms with E-state index in [-0.39, 0.29) is 11.8 Å². The number of aryl methyl sites for hydroxylation is 3. The Kier molecular flexibility index (Phi) is 6.77. The van der Waals surface area contributed by atoms with Crippen LogP contribution in [0.25, 0.3) is 0 Å². The van der Waals surface area contributed by atoms with E-state index in [1.54, 1.807) is 0 Å². The number of benzene rings is 1. The van der Waals surface area contributed by atoms with Gasteiger partial charge in [0.15, 0.2) is 5.11 Å². The van der Waals surface area contributed by atoms with Gasteiger partial charge in [-0.3, -0.25) is 20.3 Å². The summed E-state index contributed by atoms with van der Waals surface area (Å²) in [7, 11) is 0. The number of hydrazine groups is 1. The molecule has 0 aliphatic rings. The lowest BCUT2D eigenvalue weighted by atomic mass is 10.1. The molecule has 1 heterocycles. The number of thiocarbonyl (C=S) groups is 1. The second kappa shape index (κ2) is 8.64. The van der Waals surface area contributed by atoms with E-state index in [1.165, 1.54) is 5.56 Å². The number of hydrogen-bond acceptors (Lipinski definition) is 3. The summed E-state index contributed by atoms with van der Waals surface area (Å²) in [6.45, 7) is 10.3. The minimum absolute atomic E-state index is 0.154. The number of nitrogens with one attached hydrogen (secondary N) is 3. The molecule has 0 fully saturated rings. The Balaban J connectivity index is 1.86. The van der Waals surface area contributed by atoms with Gasteiger partial charge in [-0.05, 0) is 67.5 Å². The monoisotopic (exact) mass is 437 g/mol. The molecule has 8 heteroatoms. The molecule has 6 nitrogen and oxygen atoms in total. The molecule has 0 aliphatic heterocycles. The summed E-state index contributed by atoms with van der Waals surface area (Å²) in [4.78, 5) is 12.3. The van der Waals surface area contributed by atoms with Gasteiger partial charge >= 0.3 is 0 Å². The fourth-order valence-corrected chi connectivity index (χ4v) is 2.99. The topological polar surface area (TPSA) is 71.0 Å². The Morgan fingerprint density at radius 2 is 1.96 bits per heavy atom. The molecule has 1 atom stereocenters. The Morgan fingerprint density at radius 3 is 2.54 bits per heavy atom. The van der Waals surface area contributed by atoms with E-state index in [2.05, 4.69) is 43.3 Å². The van der Waals surface area contributed by atoms with Crippen molar-refractivity contribution in [3.05, 3.63) is 45.2 Å². The van der Waals surface area contributed by atoms with Crippen LogP contribution in [-0.4, -0.2) is 20.8 Å². The van der Waals surface area contributed by atoms with Gasteiger partial charge in [0.05, 0.1) is 22.6 Å². The van der Waals surface area contributed by atoms with Crippen molar-refractivity contribution in [2.75, 3.05) is 5.32 Å². The third-order valence-electron chi connectivity index (χ3n) is 4.12. The maximum absolute atomic E-state index is 12.3. The highest BCUT2D eigenvalue weighted by molar-refractivity contribution is 9.10. The fourth-order valence-electron chi connectivity index (χ4n) is 2.54. The lowest BCUT2D eigenvalue weighted by molar-refractivity contribution is -0.125. The van der Waals surface area contributed by atoms with Crippen molar-refractivity contribution in [1.82, 2.24) is 20.6 Å². The van der Waals surface area contributed by atoms with Gasteiger partial charge in [-0.1, -0.05) is 24.6 Å². The van der Waals surface area contributed by atoms with E-state index in [9.17, 15) is 4.79 Å². The van der Waals surface area contributed by atoms with Gasteiger partial charge in [0.2, 0.25) is 5.91 Å². The number of carbonyl (C=O) groups excluding carboxylic acids is 1. The zero-order chi connectivity index (χ0) is 19.4. The average Bonchev–Trinajstić information content (AvgIpc) is 2.82. The molecule has 2 aromatic rings. The first-order chi connectivity index (χ1) is 12.2. The molecule has 0 saturated carbocycles. The first-order valence-corrected chi connectivity index (χ1v) is 9.52. The fraction of sp³-hybridized carbons (Fsp3) is 0.389. The van der Waals surface area contributed by atoms with Crippen molar-refractivity contribution in [2.45, 2.75) is 41.2 Å². The number of amides is 1. The molecule has 1 aromatic carbocycles. The molecule has 0 spiro atoms. The molecule has 1 amide bonds. The lowest BCUT2D eigenvalue weighted by Crippen LogP contribution is -2.46. The number of hydrogen-bond donors (Lipinski definition) is 3. The van der Waals surface area contributed by atoms with E-state index in [0.717, 1.165) is 27.1 Å². The summed E-state index contributed by atoms with van der Waals surface area (Å²) in [6, 6.07) is 6.03. The van der Waals surface area contributed by atoms with Crippen LogP contribution in [0.15, 0.2) is 22.7 Å². The number of rotatable bonds is 4. The molecule has 140 valence electrons. The van der Waals surface area contributed by atoms with Crippen molar-refractivity contribution in [2.24, 2.45) is 5.92 Å². The number of anilines is 1. The maximum atomic E-state index is 12.3. The van der Waals surface area contributed by atoms with Crippen LogP contribution in [0.1, 0.15) is 29.4 Å². The van der Waals surface area contributed by atoms with Gasteiger partial charge in [-0.2, -0.15) is 5.10 Å². The zero-order valence-electron chi connectivity index (χ0n) is 15.6. The molecule has 2 rings (SSSR count). The first-order valence-electron chi connectivity index (χ1n) is 8.32. The summed E-state index contributed by atoms with van der Waals surface area (Å²) in [5.74, 6) is -0.422. The largest absolute Gasteiger partial charge is 0.331 e. The molecule has 0 unspecified atom stereocenters. The lowest BCUT2D eigenvalue weighted by Gasteiger charge is -2.16. The molecular formula is C18H24BrN5OS. The van der Waals surface area contributed by atoms with E-state index in [1.807, 2.05) is 51.4 Å². The third-order valence-corrected chi connectivity index (χ3v) is 5.47. The predicted molar refractivity (Wildman–Crippen MR) is 112 cm³/mol. The number of nitrogens with zero attached hydrogens (tertiary/aromatic N) is 2. The molecule has 0 saturated heterocycles.